The number of hydrogen-bond donors (Lipinski definition) is 0. The number of nitriles is 1. The maximum atomic E-state index is 8.23. The number of benzene rings is 1. The molecule has 0 unspecified atom stereocenters. The predicted octanol–water partition coefficient (Wildman–Crippen LogP) is 1.15. The molecule has 47 valence electrons. The summed E-state index contributed by atoms with van der Waals surface area (Å²) in [6, 6.07) is 12.5. The summed E-state index contributed by atoms with van der Waals surface area (Å²) in [4.78, 5) is 0. The molecule has 0 saturated heterocycles. The molecule has 0 amide bonds. The Morgan fingerprint density at radius 1 is 1.30 bits per heavy atom. The second-order valence-electron chi connectivity index (χ2n) is 1.30. The molecule has 10 heavy (non-hydrogen) atoms. The van der Waals surface area contributed by atoms with E-state index in [1.807, 2.05) is 6.07 Å². The third kappa shape index (κ3) is 4.34. The van der Waals surface area contributed by atoms with Crippen molar-refractivity contribution in [1.29, 1.82) is 5.26 Å². The maximum Gasteiger partial charge on any atom is 0 e. The second-order valence-corrected chi connectivity index (χ2v) is 1.30. The first-order valence-corrected chi connectivity index (χ1v) is 2.22. The molecule has 0 fully saturated rings. The minimum absolute atomic E-state index is 0. The summed E-state index contributed by atoms with van der Waals surface area (Å²) in [5.74, 6) is 0. The van der Waals surface area contributed by atoms with E-state index >= 15 is 0 Å². The third-order valence-electron chi connectivity index (χ3n) is 0.760. The monoisotopic (exact) mass is 374 g/mol. The molecule has 1 radical (unpaired) electrons. The Morgan fingerprint density at radius 2 is 1.80 bits per heavy atom. The molecule has 3 heteroatoms. The van der Waals surface area contributed by atoms with Crippen molar-refractivity contribution < 1.29 is 53.8 Å². The van der Waals surface area contributed by atoms with E-state index in [9.17, 15) is 0 Å². The summed E-state index contributed by atoms with van der Waals surface area (Å²) in [6.45, 7) is 0. The molecular weight excluding hydrogens is 371 g/mol. The fourth-order valence-corrected chi connectivity index (χ4v) is 0.417. The Labute approximate surface area is 100.0 Å². The first-order chi connectivity index (χ1) is 3.93. The molecule has 0 bridgehead atoms. The van der Waals surface area contributed by atoms with Crippen molar-refractivity contribution in [3.8, 4) is 6.07 Å². The van der Waals surface area contributed by atoms with Crippen LogP contribution in [0.15, 0.2) is 18.2 Å². The van der Waals surface area contributed by atoms with Crippen LogP contribution in [0.2, 0.25) is 0 Å². The van der Waals surface area contributed by atoms with Gasteiger partial charge in [-0.3, -0.25) is 12.1 Å². The molecule has 0 aliphatic rings. The van der Waals surface area contributed by atoms with E-state index in [0.717, 1.165) is 0 Å². The zero-order chi connectivity index (χ0) is 5.82. The molecule has 1 aromatic rings. The van der Waals surface area contributed by atoms with Crippen molar-refractivity contribution in [2.24, 2.45) is 0 Å². The van der Waals surface area contributed by atoms with Gasteiger partial charge in [-0.2, -0.15) is 6.07 Å². The Hall–Kier alpha value is 0.502. The average Bonchev–Trinajstić information content (AvgIpc) is 1.90. The van der Waals surface area contributed by atoms with Gasteiger partial charge in [-0.1, -0.05) is 0 Å². The van der Waals surface area contributed by atoms with E-state index in [1.165, 1.54) is 0 Å². The van der Waals surface area contributed by atoms with Gasteiger partial charge in [0.2, 0.25) is 0 Å². The van der Waals surface area contributed by atoms with Gasteiger partial charge < -0.3 is 5.26 Å². The SMILES string of the molecule is N#Cc1[c-]ccc[c-]1.[W].[Y]. The van der Waals surface area contributed by atoms with Crippen molar-refractivity contribution in [3.05, 3.63) is 35.9 Å². The molecule has 0 N–H and O–H groups in total. The molecule has 0 spiro atoms. The molecule has 0 heterocycles. The number of nitrogens with zero attached hydrogens (tertiary/aromatic N) is 1. The molecule has 0 aromatic heterocycles. The average molecular weight is 374 g/mol. The fraction of sp³-hybridized carbons (Fsp3) is 0. The van der Waals surface area contributed by atoms with Gasteiger partial charge in [0.05, 0.1) is 0 Å². The van der Waals surface area contributed by atoms with Crippen LogP contribution in [0.25, 0.3) is 0 Å². The zero-order valence-electron chi connectivity index (χ0n) is 5.16. The van der Waals surface area contributed by atoms with Crippen molar-refractivity contribution in [3.63, 3.8) is 0 Å². The third-order valence-corrected chi connectivity index (χ3v) is 0.760. The summed E-state index contributed by atoms with van der Waals surface area (Å²) in [7, 11) is 0. The van der Waals surface area contributed by atoms with Gasteiger partial charge in [0.15, 0.2) is 0 Å². The van der Waals surface area contributed by atoms with E-state index in [2.05, 4.69) is 12.1 Å². The normalized spacial score (nSPS) is 6.30. The molecule has 0 atom stereocenters. The van der Waals surface area contributed by atoms with Gasteiger partial charge >= 0.3 is 0 Å². The van der Waals surface area contributed by atoms with Crippen LogP contribution in [0.1, 0.15) is 5.56 Å². The van der Waals surface area contributed by atoms with Crippen molar-refractivity contribution in [2.75, 3.05) is 0 Å². The first-order valence-electron chi connectivity index (χ1n) is 2.22. The zero-order valence-corrected chi connectivity index (χ0v) is 10.9. The minimum Gasteiger partial charge on any atom is -0.330 e. The minimum atomic E-state index is 0. The summed E-state index contributed by atoms with van der Waals surface area (Å²) in [5.41, 5.74) is 0.465. The number of rotatable bonds is 0. The predicted molar refractivity (Wildman–Crippen MR) is 28.8 cm³/mol. The van der Waals surface area contributed by atoms with Crippen LogP contribution in [0.3, 0.4) is 0 Å². The van der Waals surface area contributed by atoms with Crippen LogP contribution in [0.5, 0.6) is 0 Å². The van der Waals surface area contributed by atoms with E-state index in [-0.39, 0.29) is 53.8 Å². The Morgan fingerprint density at radius 3 is 2.10 bits per heavy atom. The molecule has 0 aliphatic carbocycles. The van der Waals surface area contributed by atoms with E-state index in [1.54, 1.807) is 18.2 Å². The molecular formula is C7H3NWY-2. The molecule has 0 aliphatic heterocycles. The van der Waals surface area contributed by atoms with Gasteiger partial charge in [0.1, 0.15) is 0 Å². The van der Waals surface area contributed by atoms with Gasteiger partial charge in [-0.25, -0.2) is 23.8 Å². The summed E-state index contributed by atoms with van der Waals surface area (Å²) >= 11 is 0. The molecule has 1 nitrogen and oxygen atoms in total. The standard InChI is InChI=1S/C7H3N.W.Y/c8-6-7-4-2-1-3-5-7;;/h1-3H;;/q-2;;. The van der Waals surface area contributed by atoms with Crippen LogP contribution >= 0.6 is 0 Å². The van der Waals surface area contributed by atoms with Crippen LogP contribution in [-0.4, -0.2) is 0 Å². The Bertz CT molecular complexity index is 205. The number of hydrogen-bond acceptors (Lipinski definition) is 1. The van der Waals surface area contributed by atoms with Crippen LogP contribution < -0.4 is 0 Å². The topological polar surface area (TPSA) is 23.8 Å². The smallest absolute Gasteiger partial charge is 0 e. The van der Waals surface area contributed by atoms with Crippen molar-refractivity contribution in [2.45, 2.75) is 0 Å². The van der Waals surface area contributed by atoms with E-state index in [4.69, 9.17) is 5.26 Å². The molecule has 0 saturated carbocycles. The van der Waals surface area contributed by atoms with Gasteiger partial charge in [0, 0.05) is 53.8 Å². The van der Waals surface area contributed by atoms with Gasteiger partial charge in [-0.05, 0) is 0 Å². The maximum absolute atomic E-state index is 8.23. The summed E-state index contributed by atoms with van der Waals surface area (Å²) in [5, 5.41) is 8.23. The summed E-state index contributed by atoms with van der Waals surface area (Å²) < 4.78 is 0. The second kappa shape index (κ2) is 7.61. The quantitative estimate of drug-likeness (QED) is 0.626. The van der Waals surface area contributed by atoms with Crippen LogP contribution in [0, 0.1) is 23.5 Å². The van der Waals surface area contributed by atoms with Crippen LogP contribution in [-0.2, 0) is 53.8 Å². The first kappa shape index (κ1) is 13.1. The molecule has 1 rings (SSSR count). The van der Waals surface area contributed by atoms with E-state index in [0.29, 0.717) is 5.56 Å². The van der Waals surface area contributed by atoms with Gasteiger partial charge in [0.25, 0.3) is 0 Å². The summed E-state index contributed by atoms with van der Waals surface area (Å²) in [6.07, 6.45) is 0. The Kier molecular flexibility index (Phi) is 9.98. The van der Waals surface area contributed by atoms with E-state index < -0.39 is 0 Å². The largest absolute Gasteiger partial charge is 0.330 e. The Balaban J connectivity index is 0. The van der Waals surface area contributed by atoms with Crippen molar-refractivity contribution in [1.82, 2.24) is 0 Å². The van der Waals surface area contributed by atoms with Crippen LogP contribution in [0.4, 0.5) is 0 Å². The van der Waals surface area contributed by atoms with Gasteiger partial charge in [-0.15, -0.1) is 0 Å². The van der Waals surface area contributed by atoms with Crippen molar-refractivity contribution >= 4 is 0 Å². The fourth-order valence-electron chi connectivity index (χ4n) is 0.417. The molecule has 1 aromatic carbocycles.